The Morgan fingerprint density at radius 2 is 1.62 bits per heavy atom. The molecule has 50 heavy (non-hydrogen) atoms. The standard InChI is InChI=1S/C43H64N2O5/c1-27(2)30-16-21-43(38(50)45-26-28-11-10-12-29(25-28)37(49)44-24-9-8-13-35(47)48)23-22-41(6)31(36(30)43)14-15-33-40(5)19-18-34(46)39(3,4)32(40)17-20-42(33,41)7/h10-12,25,30-34,36,46H,1,8-9,13-24,26H2,2-7H3,(H,44,49)(H,45,50)(H,47,48)/t30?,31?,32?,33?,34?,36?,40?,41-,42?,43?/m1/s1. The SMILES string of the molecule is C=C(C)C1CCC2(C(=O)NCc3cccc(C(=O)NCCCCC(=O)O)c3)CC[C@]3(C)C(CCC4C5(C)CCC(O)C(C)(C)C5CCC43C)C12. The first-order valence-corrected chi connectivity index (χ1v) is 19.7. The number of hydrogen-bond donors (Lipinski definition) is 4. The number of fused-ring (bicyclic) bond motifs is 7. The molecule has 5 saturated carbocycles. The van der Waals surface area contributed by atoms with Crippen LogP contribution in [-0.4, -0.2) is 40.6 Å². The van der Waals surface area contributed by atoms with Gasteiger partial charge < -0.3 is 20.8 Å². The van der Waals surface area contributed by atoms with Crippen molar-refractivity contribution in [3.8, 4) is 0 Å². The summed E-state index contributed by atoms with van der Waals surface area (Å²) in [7, 11) is 0. The minimum absolute atomic E-state index is 0.0605. The molecule has 0 heterocycles. The van der Waals surface area contributed by atoms with Crippen LogP contribution in [-0.2, 0) is 16.1 Å². The highest BCUT2D eigenvalue weighted by molar-refractivity contribution is 5.94. The van der Waals surface area contributed by atoms with Gasteiger partial charge in [0, 0.05) is 25.1 Å². The van der Waals surface area contributed by atoms with E-state index in [-0.39, 0.29) is 51.9 Å². The van der Waals surface area contributed by atoms with Gasteiger partial charge in [-0.15, -0.1) is 0 Å². The highest BCUT2D eigenvalue weighted by Crippen LogP contribution is 2.77. The summed E-state index contributed by atoms with van der Waals surface area (Å²) >= 11 is 0. The molecule has 1 aromatic carbocycles. The van der Waals surface area contributed by atoms with Gasteiger partial charge in [-0.25, -0.2) is 0 Å². The number of hydrogen-bond acceptors (Lipinski definition) is 4. The summed E-state index contributed by atoms with van der Waals surface area (Å²) in [6, 6.07) is 7.47. The first-order chi connectivity index (χ1) is 23.5. The maximum atomic E-state index is 14.6. The number of benzene rings is 1. The fraction of sp³-hybridized carbons (Fsp3) is 0.744. The van der Waals surface area contributed by atoms with Crippen LogP contribution in [0.2, 0.25) is 0 Å². The molecule has 0 saturated heterocycles. The summed E-state index contributed by atoms with van der Waals surface area (Å²) in [6.45, 7) is 19.9. The van der Waals surface area contributed by atoms with Crippen LogP contribution in [0, 0.1) is 56.7 Å². The van der Waals surface area contributed by atoms with Crippen LogP contribution >= 0.6 is 0 Å². The summed E-state index contributed by atoms with van der Waals surface area (Å²) in [6.07, 6.45) is 11.7. The normalized spacial score (nSPS) is 40.0. The number of carbonyl (C=O) groups is 3. The lowest BCUT2D eigenvalue weighted by atomic mass is 9.32. The van der Waals surface area contributed by atoms with Crippen LogP contribution < -0.4 is 10.6 Å². The van der Waals surface area contributed by atoms with Gasteiger partial charge in [-0.2, -0.15) is 0 Å². The maximum absolute atomic E-state index is 14.6. The van der Waals surface area contributed by atoms with Crippen molar-refractivity contribution in [1.82, 2.24) is 10.6 Å². The maximum Gasteiger partial charge on any atom is 0.303 e. The number of aliphatic hydroxyl groups excluding tert-OH is 1. The lowest BCUT2D eigenvalue weighted by Gasteiger charge is -2.72. The van der Waals surface area contributed by atoms with E-state index in [1.54, 1.807) is 6.07 Å². The van der Waals surface area contributed by atoms with Gasteiger partial charge in [0.25, 0.3) is 5.91 Å². The molecule has 10 atom stereocenters. The Hall–Kier alpha value is -2.67. The van der Waals surface area contributed by atoms with Crippen molar-refractivity contribution in [2.24, 2.45) is 56.7 Å². The van der Waals surface area contributed by atoms with Gasteiger partial charge in [0.05, 0.1) is 11.5 Å². The topological polar surface area (TPSA) is 116 Å². The average Bonchev–Trinajstić information content (AvgIpc) is 3.47. The third-order valence-electron chi connectivity index (χ3n) is 16.2. The van der Waals surface area contributed by atoms with E-state index in [1.807, 2.05) is 18.2 Å². The van der Waals surface area contributed by atoms with Gasteiger partial charge in [0.1, 0.15) is 0 Å². The summed E-state index contributed by atoms with van der Waals surface area (Å²) in [5, 5.41) is 26.2. The lowest BCUT2D eigenvalue weighted by Crippen LogP contribution is -2.67. The van der Waals surface area contributed by atoms with Crippen molar-refractivity contribution in [2.75, 3.05) is 6.54 Å². The second-order valence-corrected chi connectivity index (χ2v) is 18.7. The Morgan fingerprint density at radius 3 is 2.34 bits per heavy atom. The van der Waals surface area contributed by atoms with Crippen molar-refractivity contribution in [3.63, 3.8) is 0 Å². The monoisotopic (exact) mass is 688 g/mol. The molecule has 7 heteroatoms. The van der Waals surface area contributed by atoms with E-state index >= 15 is 0 Å². The molecule has 0 aliphatic heterocycles. The van der Waals surface area contributed by atoms with E-state index < -0.39 is 11.4 Å². The quantitative estimate of drug-likeness (QED) is 0.146. The van der Waals surface area contributed by atoms with Gasteiger partial charge >= 0.3 is 5.97 Å². The Kier molecular flexibility index (Phi) is 9.93. The van der Waals surface area contributed by atoms with Crippen LogP contribution in [0.3, 0.4) is 0 Å². The molecular weight excluding hydrogens is 624 g/mol. The smallest absolute Gasteiger partial charge is 0.303 e. The summed E-state index contributed by atoms with van der Waals surface area (Å²) < 4.78 is 0. The van der Waals surface area contributed by atoms with E-state index in [4.69, 9.17) is 5.11 Å². The van der Waals surface area contributed by atoms with Gasteiger partial charge in [0.15, 0.2) is 0 Å². The van der Waals surface area contributed by atoms with Crippen molar-refractivity contribution in [1.29, 1.82) is 0 Å². The Morgan fingerprint density at radius 1 is 0.860 bits per heavy atom. The predicted octanol–water partition coefficient (Wildman–Crippen LogP) is 8.31. The highest BCUT2D eigenvalue weighted by Gasteiger charge is 2.71. The number of unbranched alkanes of at least 4 members (excludes halogenated alkanes) is 1. The molecule has 5 fully saturated rings. The number of amides is 2. The van der Waals surface area contributed by atoms with E-state index in [9.17, 15) is 19.5 Å². The lowest BCUT2D eigenvalue weighted by molar-refractivity contribution is -0.246. The van der Waals surface area contributed by atoms with E-state index in [0.717, 1.165) is 44.1 Å². The zero-order chi connectivity index (χ0) is 36.3. The van der Waals surface area contributed by atoms with Crippen molar-refractivity contribution in [2.45, 2.75) is 138 Å². The number of carboxylic acid groups (broad SMARTS) is 1. The third kappa shape index (κ3) is 5.86. The number of carbonyl (C=O) groups excluding carboxylic acids is 2. The second-order valence-electron chi connectivity index (χ2n) is 18.7. The number of aliphatic carboxylic acids is 1. The number of nitrogens with one attached hydrogen (secondary N) is 2. The molecule has 4 N–H and O–H groups in total. The zero-order valence-corrected chi connectivity index (χ0v) is 31.7. The molecule has 5 aliphatic carbocycles. The van der Waals surface area contributed by atoms with E-state index in [1.165, 1.54) is 31.3 Å². The molecule has 9 unspecified atom stereocenters. The molecule has 2 amide bonds. The van der Waals surface area contributed by atoms with Gasteiger partial charge in [0.2, 0.25) is 5.91 Å². The average molecular weight is 689 g/mol. The summed E-state index contributed by atoms with van der Waals surface area (Å²) in [5.41, 5.74) is 2.78. The van der Waals surface area contributed by atoms with Crippen LogP contribution in [0.4, 0.5) is 0 Å². The molecular formula is C43H64N2O5. The fourth-order valence-electron chi connectivity index (χ4n) is 13.4. The van der Waals surface area contributed by atoms with E-state index in [2.05, 4.69) is 58.8 Å². The summed E-state index contributed by atoms with van der Waals surface area (Å²) in [5.74, 6) is 1.43. The van der Waals surface area contributed by atoms with Crippen LogP contribution in [0.5, 0.6) is 0 Å². The summed E-state index contributed by atoms with van der Waals surface area (Å²) in [4.78, 5) is 38.2. The van der Waals surface area contributed by atoms with Crippen LogP contribution in [0.15, 0.2) is 36.4 Å². The molecule has 0 bridgehead atoms. The minimum atomic E-state index is -0.823. The van der Waals surface area contributed by atoms with Crippen LogP contribution in [0.25, 0.3) is 0 Å². The first-order valence-electron chi connectivity index (χ1n) is 19.7. The molecule has 0 spiro atoms. The van der Waals surface area contributed by atoms with Gasteiger partial charge in [-0.1, -0.05) is 58.9 Å². The molecule has 1 aromatic rings. The number of aliphatic hydroxyl groups is 1. The van der Waals surface area contributed by atoms with Crippen LogP contribution in [0.1, 0.15) is 141 Å². The Balaban J connectivity index is 1.19. The highest BCUT2D eigenvalue weighted by atomic mass is 16.4. The third-order valence-corrected chi connectivity index (χ3v) is 16.2. The van der Waals surface area contributed by atoms with Gasteiger partial charge in [-0.3, -0.25) is 14.4 Å². The second kappa shape index (κ2) is 13.4. The molecule has 5 aliphatic rings. The molecule has 7 nitrogen and oxygen atoms in total. The predicted molar refractivity (Wildman–Crippen MR) is 197 cm³/mol. The van der Waals surface area contributed by atoms with Crippen molar-refractivity contribution >= 4 is 17.8 Å². The van der Waals surface area contributed by atoms with Crippen molar-refractivity contribution < 1.29 is 24.6 Å². The molecule has 276 valence electrons. The fourth-order valence-corrected chi connectivity index (χ4v) is 13.4. The zero-order valence-electron chi connectivity index (χ0n) is 31.7. The molecule has 0 radical (unpaired) electrons. The minimum Gasteiger partial charge on any atom is -0.481 e. The largest absolute Gasteiger partial charge is 0.481 e. The first kappa shape index (κ1) is 37.1. The number of carboxylic acids is 1. The molecule has 0 aromatic heterocycles. The van der Waals surface area contributed by atoms with E-state index in [0.29, 0.717) is 55.2 Å². The Bertz CT molecular complexity index is 1500. The van der Waals surface area contributed by atoms with Gasteiger partial charge in [-0.05, 0) is 153 Å². The Labute approximate surface area is 300 Å². The number of rotatable bonds is 10. The number of allylic oxidation sites excluding steroid dienone is 1. The molecule has 6 rings (SSSR count). The van der Waals surface area contributed by atoms with Crippen molar-refractivity contribution in [3.05, 3.63) is 47.5 Å².